The van der Waals surface area contributed by atoms with Crippen LogP contribution in [0.3, 0.4) is 0 Å². The van der Waals surface area contributed by atoms with Gasteiger partial charge in [-0.1, -0.05) is 0 Å². The normalized spacial score (nSPS) is 12.8. The van der Waals surface area contributed by atoms with Gasteiger partial charge >= 0.3 is 0 Å². The fraction of sp³-hybridized carbons (Fsp3) is 0.900. The van der Waals surface area contributed by atoms with Crippen LogP contribution in [0.1, 0.15) is 45.4 Å². The minimum absolute atomic E-state index is 0.168. The van der Waals surface area contributed by atoms with Crippen molar-refractivity contribution in [2.24, 2.45) is 0 Å². The maximum atomic E-state index is 11.1. The number of hydrogen-bond acceptors (Lipinski definition) is 3. The average molecular weight is 188 g/mol. The lowest BCUT2D eigenvalue weighted by atomic mass is 10.1. The highest BCUT2D eigenvalue weighted by atomic mass is 16.3. The Morgan fingerprint density at radius 1 is 1.23 bits per heavy atom. The number of aliphatic hydroxyl groups is 2. The molecule has 0 aliphatic rings. The molecule has 0 saturated carbocycles. The molecule has 78 valence electrons. The monoisotopic (exact) mass is 188 g/mol. The van der Waals surface area contributed by atoms with Gasteiger partial charge in [0.15, 0.2) is 0 Å². The predicted molar refractivity (Wildman–Crippen MR) is 51.5 cm³/mol. The molecule has 0 aliphatic heterocycles. The molecule has 3 nitrogen and oxygen atoms in total. The number of hydrogen-bond donors (Lipinski definition) is 2. The Bertz CT molecular complexity index is 132. The molecule has 0 aromatic rings. The second-order valence-corrected chi connectivity index (χ2v) is 3.46. The molecule has 1 atom stereocenters. The van der Waals surface area contributed by atoms with E-state index in [1.165, 1.54) is 0 Å². The SMILES string of the molecule is CC(O)CCCC(=O)CCCCO. The van der Waals surface area contributed by atoms with Crippen LogP contribution < -0.4 is 0 Å². The molecule has 1 unspecified atom stereocenters. The van der Waals surface area contributed by atoms with E-state index < -0.39 is 0 Å². The minimum Gasteiger partial charge on any atom is -0.396 e. The highest BCUT2D eigenvalue weighted by molar-refractivity contribution is 5.78. The van der Waals surface area contributed by atoms with E-state index in [1.54, 1.807) is 6.92 Å². The van der Waals surface area contributed by atoms with Crippen molar-refractivity contribution in [1.82, 2.24) is 0 Å². The van der Waals surface area contributed by atoms with Crippen molar-refractivity contribution >= 4 is 5.78 Å². The van der Waals surface area contributed by atoms with Crippen LogP contribution >= 0.6 is 0 Å². The summed E-state index contributed by atoms with van der Waals surface area (Å²) in [5, 5.41) is 17.4. The van der Waals surface area contributed by atoms with Gasteiger partial charge in [0.2, 0.25) is 0 Å². The average Bonchev–Trinajstić information content (AvgIpc) is 2.04. The molecule has 0 saturated heterocycles. The molecule has 0 fully saturated rings. The first-order chi connectivity index (χ1) is 6.16. The first-order valence-corrected chi connectivity index (χ1v) is 4.97. The van der Waals surface area contributed by atoms with Crippen LogP contribution in [0.5, 0.6) is 0 Å². The Labute approximate surface area is 79.8 Å². The van der Waals surface area contributed by atoms with E-state index in [0.29, 0.717) is 25.7 Å². The van der Waals surface area contributed by atoms with Gasteiger partial charge in [0.25, 0.3) is 0 Å². The first kappa shape index (κ1) is 12.6. The summed E-state index contributed by atoms with van der Waals surface area (Å²) in [6.45, 7) is 1.90. The number of carbonyl (C=O) groups is 1. The minimum atomic E-state index is -0.301. The van der Waals surface area contributed by atoms with Gasteiger partial charge in [-0.15, -0.1) is 0 Å². The number of rotatable bonds is 8. The van der Waals surface area contributed by atoms with E-state index in [0.717, 1.165) is 12.8 Å². The largest absolute Gasteiger partial charge is 0.396 e. The fourth-order valence-corrected chi connectivity index (χ4v) is 1.15. The topological polar surface area (TPSA) is 57.5 Å². The summed E-state index contributed by atoms with van der Waals surface area (Å²) < 4.78 is 0. The third-order valence-corrected chi connectivity index (χ3v) is 1.94. The fourth-order valence-electron chi connectivity index (χ4n) is 1.15. The van der Waals surface area contributed by atoms with Crippen LogP contribution in [0, 0.1) is 0 Å². The Morgan fingerprint density at radius 3 is 2.38 bits per heavy atom. The van der Waals surface area contributed by atoms with Gasteiger partial charge in [0.1, 0.15) is 5.78 Å². The number of unbranched alkanes of at least 4 members (excludes halogenated alkanes) is 1. The number of carbonyl (C=O) groups excluding carboxylic acids is 1. The lowest BCUT2D eigenvalue weighted by Gasteiger charge is -2.02. The summed E-state index contributed by atoms with van der Waals surface area (Å²) in [6.07, 6.45) is 3.80. The number of Topliss-reactive ketones (excluding diaryl/α,β-unsaturated/α-hetero) is 1. The van der Waals surface area contributed by atoms with Gasteiger partial charge in [-0.25, -0.2) is 0 Å². The summed E-state index contributed by atoms with van der Waals surface area (Å²) >= 11 is 0. The van der Waals surface area contributed by atoms with E-state index in [2.05, 4.69) is 0 Å². The maximum absolute atomic E-state index is 11.1. The van der Waals surface area contributed by atoms with Gasteiger partial charge in [-0.2, -0.15) is 0 Å². The zero-order chi connectivity index (χ0) is 10.1. The Morgan fingerprint density at radius 2 is 1.85 bits per heavy atom. The van der Waals surface area contributed by atoms with E-state index in [9.17, 15) is 4.79 Å². The molecule has 0 spiro atoms. The summed E-state index contributed by atoms with van der Waals surface area (Å²) in [5.41, 5.74) is 0. The molecule has 0 radical (unpaired) electrons. The Kier molecular flexibility index (Phi) is 7.94. The summed E-state index contributed by atoms with van der Waals surface area (Å²) in [4.78, 5) is 11.1. The van der Waals surface area contributed by atoms with Crippen molar-refractivity contribution in [3.8, 4) is 0 Å². The standard InChI is InChI=1S/C10H20O3/c1-9(12)5-4-7-10(13)6-2-3-8-11/h9,11-12H,2-8H2,1H3. The summed E-state index contributed by atoms with van der Waals surface area (Å²) in [7, 11) is 0. The molecule has 3 heteroatoms. The smallest absolute Gasteiger partial charge is 0.132 e. The lowest BCUT2D eigenvalue weighted by molar-refractivity contribution is -0.119. The molecular weight excluding hydrogens is 168 g/mol. The second-order valence-electron chi connectivity index (χ2n) is 3.46. The second kappa shape index (κ2) is 8.20. The van der Waals surface area contributed by atoms with Crippen molar-refractivity contribution in [2.75, 3.05) is 6.61 Å². The zero-order valence-electron chi connectivity index (χ0n) is 8.33. The molecule has 0 rings (SSSR count). The van der Waals surface area contributed by atoms with E-state index in [-0.39, 0.29) is 18.5 Å². The van der Waals surface area contributed by atoms with Crippen LogP contribution in [0.15, 0.2) is 0 Å². The molecular formula is C10H20O3. The van der Waals surface area contributed by atoms with E-state index >= 15 is 0 Å². The highest BCUT2D eigenvalue weighted by Gasteiger charge is 2.02. The third kappa shape index (κ3) is 9.50. The molecule has 0 heterocycles. The molecule has 0 amide bonds. The summed E-state index contributed by atoms with van der Waals surface area (Å²) in [6, 6.07) is 0. The van der Waals surface area contributed by atoms with Gasteiger partial charge in [-0.3, -0.25) is 4.79 Å². The van der Waals surface area contributed by atoms with Crippen LogP contribution in [0.2, 0.25) is 0 Å². The van der Waals surface area contributed by atoms with Crippen molar-refractivity contribution in [2.45, 2.75) is 51.6 Å². The van der Waals surface area contributed by atoms with Crippen molar-refractivity contribution in [3.63, 3.8) is 0 Å². The van der Waals surface area contributed by atoms with Gasteiger partial charge in [0.05, 0.1) is 6.10 Å². The zero-order valence-corrected chi connectivity index (χ0v) is 8.33. The van der Waals surface area contributed by atoms with Crippen molar-refractivity contribution < 1.29 is 15.0 Å². The summed E-state index contributed by atoms with van der Waals surface area (Å²) in [5.74, 6) is 0.245. The number of aliphatic hydroxyl groups excluding tert-OH is 2. The van der Waals surface area contributed by atoms with Crippen LogP contribution in [-0.4, -0.2) is 28.7 Å². The van der Waals surface area contributed by atoms with Crippen LogP contribution in [0.4, 0.5) is 0 Å². The maximum Gasteiger partial charge on any atom is 0.132 e. The van der Waals surface area contributed by atoms with Gasteiger partial charge in [-0.05, 0) is 32.6 Å². The molecule has 13 heavy (non-hydrogen) atoms. The number of ketones is 1. The van der Waals surface area contributed by atoms with Crippen LogP contribution in [0.25, 0.3) is 0 Å². The molecule has 0 aromatic heterocycles. The van der Waals surface area contributed by atoms with E-state index in [1.807, 2.05) is 0 Å². The van der Waals surface area contributed by atoms with Crippen molar-refractivity contribution in [3.05, 3.63) is 0 Å². The molecule has 0 bridgehead atoms. The Hall–Kier alpha value is -0.410. The quantitative estimate of drug-likeness (QED) is 0.564. The third-order valence-electron chi connectivity index (χ3n) is 1.94. The molecule has 2 N–H and O–H groups in total. The predicted octanol–water partition coefficient (Wildman–Crippen LogP) is 1.27. The highest BCUT2D eigenvalue weighted by Crippen LogP contribution is 2.05. The van der Waals surface area contributed by atoms with Gasteiger partial charge < -0.3 is 10.2 Å². The van der Waals surface area contributed by atoms with Crippen molar-refractivity contribution in [1.29, 1.82) is 0 Å². The first-order valence-electron chi connectivity index (χ1n) is 4.97. The molecule has 0 aliphatic carbocycles. The molecule has 0 aromatic carbocycles. The lowest BCUT2D eigenvalue weighted by Crippen LogP contribution is -2.03. The Balaban J connectivity index is 3.20. The van der Waals surface area contributed by atoms with Gasteiger partial charge in [0, 0.05) is 19.4 Å². The van der Waals surface area contributed by atoms with Crippen LogP contribution in [-0.2, 0) is 4.79 Å². The van der Waals surface area contributed by atoms with E-state index in [4.69, 9.17) is 10.2 Å².